The number of aryl methyl sites for hydroxylation is 1. The SMILES string of the molecule is Cc1ccc(NC(=O)C2CCCCN2)cc1OCC1CCOCC1.Cl. The third kappa shape index (κ3) is 5.87. The highest BCUT2D eigenvalue weighted by Crippen LogP contribution is 2.25. The molecule has 0 spiro atoms. The quantitative estimate of drug-likeness (QED) is 0.837. The van der Waals surface area contributed by atoms with Crippen molar-refractivity contribution in [1.29, 1.82) is 0 Å². The lowest BCUT2D eigenvalue weighted by Crippen LogP contribution is -2.43. The van der Waals surface area contributed by atoms with Gasteiger partial charge in [0.05, 0.1) is 12.6 Å². The van der Waals surface area contributed by atoms with Crippen molar-refractivity contribution in [1.82, 2.24) is 5.32 Å². The molecule has 2 aliphatic heterocycles. The first-order valence-corrected chi connectivity index (χ1v) is 9.08. The summed E-state index contributed by atoms with van der Waals surface area (Å²) in [4.78, 5) is 12.3. The van der Waals surface area contributed by atoms with Crippen molar-refractivity contribution in [3.05, 3.63) is 23.8 Å². The second kappa shape index (κ2) is 10.00. The molecule has 2 fully saturated rings. The van der Waals surface area contributed by atoms with Crippen molar-refractivity contribution < 1.29 is 14.3 Å². The Morgan fingerprint density at radius 1 is 1.28 bits per heavy atom. The average Bonchev–Trinajstić information content (AvgIpc) is 2.63. The van der Waals surface area contributed by atoms with Crippen LogP contribution in [-0.4, -0.2) is 38.3 Å². The highest BCUT2D eigenvalue weighted by Gasteiger charge is 2.21. The summed E-state index contributed by atoms with van der Waals surface area (Å²) in [6.45, 7) is 5.33. The number of anilines is 1. The molecule has 0 bridgehead atoms. The van der Waals surface area contributed by atoms with Crippen molar-refractivity contribution >= 4 is 24.0 Å². The molecule has 1 amide bonds. The van der Waals surface area contributed by atoms with Crippen molar-refractivity contribution in [3.63, 3.8) is 0 Å². The van der Waals surface area contributed by atoms with Gasteiger partial charge < -0.3 is 20.1 Å². The zero-order chi connectivity index (χ0) is 16.8. The summed E-state index contributed by atoms with van der Waals surface area (Å²) in [5, 5.41) is 6.29. The van der Waals surface area contributed by atoms with Gasteiger partial charge in [-0.15, -0.1) is 12.4 Å². The van der Waals surface area contributed by atoms with Crippen LogP contribution in [0.5, 0.6) is 5.75 Å². The lowest BCUT2D eigenvalue weighted by Gasteiger charge is -2.23. The van der Waals surface area contributed by atoms with Gasteiger partial charge in [-0.3, -0.25) is 4.79 Å². The normalized spacial score (nSPS) is 21.2. The highest BCUT2D eigenvalue weighted by atomic mass is 35.5. The molecular formula is C19H29ClN2O3. The van der Waals surface area contributed by atoms with Gasteiger partial charge in [0.25, 0.3) is 0 Å². The van der Waals surface area contributed by atoms with Crippen LogP contribution in [0, 0.1) is 12.8 Å². The van der Waals surface area contributed by atoms with E-state index < -0.39 is 0 Å². The number of amides is 1. The van der Waals surface area contributed by atoms with Gasteiger partial charge >= 0.3 is 0 Å². The Bertz CT molecular complexity index is 556. The standard InChI is InChI=1S/C19H28N2O3.ClH/c1-14-5-6-16(21-19(22)17-4-2-3-9-20-17)12-18(14)24-13-15-7-10-23-11-8-15;/h5-6,12,15,17,20H,2-4,7-11,13H2,1H3,(H,21,22);1H. The predicted molar refractivity (Wildman–Crippen MR) is 102 cm³/mol. The molecule has 3 rings (SSSR count). The van der Waals surface area contributed by atoms with Crippen LogP contribution >= 0.6 is 12.4 Å². The van der Waals surface area contributed by atoms with E-state index in [0.29, 0.717) is 12.5 Å². The summed E-state index contributed by atoms with van der Waals surface area (Å²) in [5.41, 5.74) is 1.90. The van der Waals surface area contributed by atoms with Gasteiger partial charge in [0, 0.05) is 25.0 Å². The first-order chi connectivity index (χ1) is 11.7. The van der Waals surface area contributed by atoms with E-state index in [2.05, 4.69) is 10.6 Å². The van der Waals surface area contributed by atoms with Crippen LogP contribution in [0.25, 0.3) is 0 Å². The second-order valence-corrected chi connectivity index (χ2v) is 6.84. The number of halogens is 1. The lowest BCUT2D eigenvalue weighted by atomic mass is 10.0. The van der Waals surface area contributed by atoms with Crippen LogP contribution in [-0.2, 0) is 9.53 Å². The molecule has 0 saturated carbocycles. The molecular weight excluding hydrogens is 340 g/mol. The van der Waals surface area contributed by atoms with E-state index in [9.17, 15) is 4.79 Å². The van der Waals surface area contributed by atoms with Gasteiger partial charge in [-0.1, -0.05) is 12.5 Å². The minimum atomic E-state index is -0.0772. The molecule has 2 saturated heterocycles. The van der Waals surface area contributed by atoms with Crippen LogP contribution in [0.2, 0.25) is 0 Å². The van der Waals surface area contributed by atoms with E-state index in [1.807, 2.05) is 25.1 Å². The van der Waals surface area contributed by atoms with Crippen molar-refractivity contribution in [2.45, 2.75) is 45.1 Å². The highest BCUT2D eigenvalue weighted by molar-refractivity contribution is 5.95. The summed E-state index contributed by atoms with van der Waals surface area (Å²) in [5.74, 6) is 1.47. The summed E-state index contributed by atoms with van der Waals surface area (Å²) in [6, 6.07) is 5.81. The van der Waals surface area contributed by atoms with E-state index in [4.69, 9.17) is 9.47 Å². The van der Waals surface area contributed by atoms with Gasteiger partial charge in [0.2, 0.25) is 5.91 Å². The fourth-order valence-electron chi connectivity index (χ4n) is 3.26. The number of piperidine rings is 1. The number of hydrogen-bond acceptors (Lipinski definition) is 4. The third-order valence-corrected chi connectivity index (χ3v) is 4.90. The van der Waals surface area contributed by atoms with Crippen LogP contribution in [0.4, 0.5) is 5.69 Å². The number of hydrogen-bond donors (Lipinski definition) is 2. The van der Waals surface area contributed by atoms with Gasteiger partial charge in [-0.2, -0.15) is 0 Å². The number of rotatable bonds is 5. The van der Waals surface area contributed by atoms with E-state index in [1.165, 1.54) is 0 Å². The van der Waals surface area contributed by atoms with Gasteiger partial charge in [-0.05, 0) is 56.7 Å². The van der Waals surface area contributed by atoms with Crippen molar-refractivity contribution in [2.24, 2.45) is 5.92 Å². The fraction of sp³-hybridized carbons (Fsp3) is 0.632. The zero-order valence-corrected chi connectivity index (χ0v) is 15.7. The molecule has 0 aromatic heterocycles. The Morgan fingerprint density at radius 3 is 2.80 bits per heavy atom. The number of nitrogens with one attached hydrogen (secondary N) is 2. The lowest BCUT2D eigenvalue weighted by molar-refractivity contribution is -0.118. The number of ether oxygens (including phenoxy) is 2. The molecule has 2 N–H and O–H groups in total. The molecule has 0 radical (unpaired) electrons. The van der Waals surface area contributed by atoms with Gasteiger partial charge in [0.1, 0.15) is 5.75 Å². The third-order valence-electron chi connectivity index (χ3n) is 4.90. The Labute approximate surface area is 156 Å². The van der Waals surface area contributed by atoms with Gasteiger partial charge in [0.15, 0.2) is 0 Å². The van der Waals surface area contributed by atoms with E-state index in [1.54, 1.807) is 0 Å². The Kier molecular flexibility index (Phi) is 8.00. The summed E-state index contributed by atoms with van der Waals surface area (Å²) in [7, 11) is 0. The number of carbonyl (C=O) groups is 1. The largest absolute Gasteiger partial charge is 0.493 e. The first kappa shape index (κ1) is 20.0. The van der Waals surface area contributed by atoms with Crippen molar-refractivity contribution in [2.75, 3.05) is 31.7 Å². The van der Waals surface area contributed by atoms with Gasteiger partial charge in [-0.25, -0.2) is 0 Å². The average molecular weight is 369 g/mol. The molecule has 140 valence electrons. The summed E-state index contributed by atoms with van der Waals surface area (Å²) < 4.78 is 11.4. The molecule has 6 heteroatoms. The monoisotopic (exact) mass is 368 g/mol. The maximum atomic E-state index is 12.3. The molecule has 2 heterocycles. The molecule has 1 aromatic rings. The van der Waals surface area contributed by atoms with Crippen LogP contribution in [0.15, 0.2) is 18.2 Å². The van der Waals surface area contributed by atoms with E-state index in [-0.39, 0.29) is 24.4 Å². The molecule has 5 nitrogen and oxygen atoms in total. The minimum Gasteiger partial charge on any atom is -0.493 e. The van der Waals surface area contributed by atoms with Crippen LogP contribution in [0.3, 0.4) is 0 Å². The molecule has 0 aliphatic carbocycles. The Balaban J connectivity index is 0.00000225. The molecule has 25 heavy (non-hydrogen) atoms. The van der Waals surface area contributed by atoms with Crippen LogP contribution in [0.1, 0.15) is 37.7 Å². The minimum absolute atomic E-state index is 0. The molecule has 1 unspecified atom stereocenters. The van der Waals surface area contributed by atoms with Crippen molar-refractivity contribution in [3.8, 4) is 5.75 Å². The fourth-order valence-corrected chi connectivity index (χ4v) is 3.26. The summed E-state index contributed by atoms with van der Waals surface area (Å²) >= 11 is 0. The summed E-state index contributed by atoms with van der Waals surface area (Å²) in [6.07, 6.45) is 5.29. The van der Waals surface area contributed by atoms with E-state index in [0.717, 1.165) is 68.9 Å². The maximum absolute atomic E-state index is 12.3. The molecule has 2 aliphatic rings. The zero-order valence-electron chi connectivity index (χ0n) is 14.9. The first-order valence-electron chi connectivity index (χ1n) is 9.08. The number of carbonyl (C=O) groups excluding carboxylic acids is 1. The topological polar surface area (TPSA) is 59.6 Å². The smallest absolute Gasteiger partial charge is 0.241 e. The second-order valence-electron chi connectivity index (χ2n) is 6.84. The van der Waals surface area contributed by atoms with Crippen LogP contribution < -0.4 is 15.4 Å². The Hall–Kier alpha value is -1.30. The molecule has 1 atom stereocenters. The molecule has 1 aromatic carbocycles. The maximum Gasteiger partial charge on any atom is 0.241 e. The van der Waals surface area contributed by atoms with E-state index >= 15 is 0 Å². The Morgan fingerprint density at radius 2 is 2.08 bits per heavy atom. The number of benzene rings is 1. The predicted octanol–water partition coefficient (Wildman–Crippen LogP) is 3.30.